The van der Waals surface area contributed by atoms with Crippen LogP contribution in [0, 0.1) is 5.92 Å². The lowest BCUT2D eigenvalue weighted by Gasteiger charge is -2.26. The minimum absolute atomic E-state index is 0.674. The first-order chi connectivity index (χ1) is 9.22. The highest BCUT2D eigenvalue weighted by molar-refractivity contribution is 9.10. The van der Waals surface area contributed by atoms with Gasteiger partial charge in [0.05, 0.1) is 0 Å². The van der Waals surface area contributed by atoms with Gasteiger partial charge in [0.25, 0.3) is 0 Å². The maximum atomic E-state index is 4.83. The fraction of sp³-hybridized carbons (Fsp3) is 0.571. The van der Waals surface area contributed by atoms with Gasteiger partial charge in [-0.15, -0.1) is 0 Å². The van der Waals surface area contributed by atoms with Gasteiger partial charge in [0.1, 0.15) is 10.4 Å². The summed E-state index contributed by atoms with van der Waals surface area (Å²) in [5.41, 5.74) is 1.35. The molecule has 3 aliphatic rings. The molecule has 3 aliphatic heterocycles. The molecule has 0 amide bonds. The molecule has 2 bridgehead atoms. The van der Waals surface area contributed by atoms with E-state index in [2.05, 4.69) is 25.8 Å². The first-order valence-corrected chi connectivity index (χ1v) is 7.68. The maximum Gasteiger partial charge on any atom is 0.149 e. The van der Waals surface area contributed by atoms with Crippen LogP contribution in [0.3, 0.4) is 0 Å². The van der Waals surface area contributed by atoms with Gasteiger partial charge in [-0.2, -0.15) is 5.10 Å². The maximum absolute atomic E-state index is 4.83. The summed E-state index contributed by atoms with van der Waals surface area (Å²) in [6.07, 6.45) is 3.63. The third-order valence-corrected chi connectivity index (χ3v) is 4.50. The minimum Gasteiger partial charge on any atom is -0.303 e. The number of piperidine rings is 1. The number of rotatable bonds is 2. The average molecular weight is 323 g/mol. The topological polar surface area (TPSA) is 31.7 Å². The lowest BCUT2D eigenvalue weighted by molar-refractivity contribution is 0.233. The first-order valence-electron chi connectivity index (χ1n) is 6.88. The molecule has 0 N–H and O–H groups in total. The van der Waals surface area contributed by atoms with Gasteiger partial charge < -0.3 is 4.90 Å². The molecule has 1 aromatic rings. The fourth-order valence-corrected chi connectivity index (χ4v) is 3.25. The molecule has 0 radical (unpaired) electrons. The quantitative estimate of drug-likeness (QED) is 0.620. The SMILES string of the molecule is CN(N=C1CCN2CCC1CC2)c1cccc(Br)n1. The van der Waals surface area contributed by atoms with Crippen LogP contribution in [0.5, 0.6) is 0 Å². The van der Waals surface area contributed by atoms with E-state index in [9.17, 15) is 0 Å². The number of hydrogen-bond donors (Lipinski definition) is 0. The lowest BCUT2D eigenvalue weighted by Crippen LogP contribution is -2.31. The van der Waals surface area contributed by atoms with Gasteiger partial charge in [-0.05, 0) is 54.0 Å². The minimum atomic E-state index is 0.674. The standard InChI is InChI=1S/C14H19BrN4/c1-18(14-4-2-3-13(15)16-14)17-12-7-10-19-8-5-11(12)6-9-19/h2-4,11H,5-10H2,1H3. The summed E-state index contributed by atoms with van der Waals surface area (Å²) >= 11 is 3.41. The lowest BCUT2D eigenvalue weighted by atomic mass is 9.93. The van der Waals surface area contributed by atoms with Gasteiger partial charge in [0.15, 0.2) is 0 Å². The second-order valence-electron chi connectivity index (χ2n) is 5.30. The number of halogens is 1. The van der Waals surface area contributed by atoms with Crippen molar-refractivity contribution in [3.63, 3.8) is 0 Å². The Bertz CT molecular complexity index is 480. The summed E-state index contributed by atoms with van der Waals surface area (Å²) in [5.74, 6) is 1.56. The largest absolute Gasteiger partial charge is 0.303 e. The van der Waals surface area contributed by atoms with E-state index in [1.807, 2.05) is 30.3 Å². The van der Waals surface area contributed by atoms with Crippen molar-refractivity contribution in [2.75, 3.05) is 31.7 Å². The molecular formula is C14H19BrN4. The Hall–Kier alpha value is -0.940. The molecule has 19 heavy (non-hydrogen) atoms. The van der Waals surface area contributed by atoms with Crippen molar-refractivity contribution in [3.05, 3.63) is 22.8 Å². The van der Waals surface area contributed by atoms with Gasteiger partial charge in [0.2, 0.25) is 0 Å². The zero-order valence-electron chi connectivity index (χ0n) is 11.2. The highest BCUT2D eigenvalue weighted by Crippen LogP contribution is 2.25. The molecule has 0 unspecified atom stereocenters. The third kappa shape index (κ3) is 2.98. The van der Waals surface area contributed by atoms with Crippen LogP contribution in [0.25, 0.3) is 0 Å². The summed E-state index contributed by atoms with van der Waals surface area (Å²) in [6.45, 7) is 3.64. The summed E-state index contributed by atoms with van der Waals surface area (Å²) in [4.78, 5) is 7.00. The van der Waals surface area contributed by atoms with Gasteiger partial charge in [0, 0.05) is 31.6 Å². The van der Waals surface area contributed by atoms with Crippen LogP contribution >= 0.6 is 15.9 Å². The van der Waals surface area contributed by atoms with Crippen LogP contribution in [-0.4, -0.2) is 42.3 Å². The van der Waals surface area contributed by atoms with E-state index in [4.69, 9.17) is 5.10 Å². The zero-order valence-corrected chi connectivity index (χ0v) is 12.8. The van der Waals surface area contributed by atoms with E-state index in [1.54, 1.807) is 0 Å². The Balaban J connectivity index is 1.80. The number of pyridine rings is 1. The zero-order chi connectivity index (χ0) is 13.2. The fourth-order valence-electron chi connectivity index (χ4n) is 2.92. The molecule has 4 nitrogen and oxygen atoms in total. The van der Waals surface area contributed by atoms with Crippen molar-refractivity contribution in [3.8, 4) is 0 Å². The molecule has 4 rings (SSSR count). The van der Waals surface area contributed by atoms with Crippen LogP contribution in [0.4, 0.5) is 5.82 Å². The smallest absolute Gasteiger partial charge is 0.149 e. The van der Waals surface area contributed by atoms with Crippen molar-refractivity contribution < 1.29 is 0 Å². The number of fused-ring (bicyclic) bond motifs is 4. The van der Waals surface area contributed by atoms with Crippen molar-refractivity contribution in [1.82, 2.24) is 9.88 Å². The summed E-state index contributed by atoms with van der Waals surface area (Å²) in [6, 6.07) is 5.92. The van der Waals surface area contributed by atoms with Crippen LogP contribution < -0.4 is 5.01 Å². The molecule has 0 spiro atoms. The Kier molecular flexibility index (Phi) is 3.84. The molecule has 0 aromatic carbocycles. The van der Waals surface area contributed by atoms with Gasteiger partial charge >= 0.3 is 0 Å². The first kappa shape index (κ1) is 13.1. The van der Waals surface area contributed by atoms with Crippen molar-refractivity contribution >= 4 is 27.5 Å². The third-order valence-electron chi connectivity index (χ3n) is 4.05. The number of aromatic nitrogens is 1. The highest BCUT2D eigenvalue weighted by Gasteiger charge is 2.28. The average Bonchev–Trinajstić information content (AvgIpc) is 2.73. The predicted molar refractivity (Wildman–Crippen MR) is 81.6 cm³/mol. The van der Waals surface area contributed by atoms with E-state index in [-0.39, 0.29) is 0 Å². The number of nitrogens with zero attached hydrogens (tertiary/aromatic N) is 4. The summed E-state index contributed by atoms with van der Waals surface area (Å²) < 4.78 is 0.852. The molecule has 4 heterocycles. The second kappa shape index (κ2) is 5.59. The van der Waals surface area contributed by atoms with Crippen molar-refractivity contribution in [2.24, 2.45) is 11.0 Å². The van der Waals surface area contributed by atoms with Gasteiger partial charge in [-0.3, -0.25) is 5.01 Å². The van der Waals surface area contributed by atoms with E-state index < -0.39 is 0 Å². The Morgan fingerprint density at radius 1 is 1.32 bits per heavy atom. The molecule has 3 fully saturated rings. The van der Waals surface area contributed by atoms with Crippen LogP contribution in [0.15, 0.2) is 27.9 Å². The van der Waals surface area contributed by atoms with E-state index >= 15 is 0 Å². The van der Waals surface area contributed by atoms with E-state index in [1.165, 1.54) is 31.6 Å². The normalized spacial score (nSPS) is 28.4. The van der Waals surface area contributed by atoms with Crippen LogP contribution in [0.2, 0.25) is 0 Å². The second-order valence-corrected chi connectivity index (χ2v) is 6.11. The van der Waals surface area contributed by atoms with E-state index in [0.717, 1.165) is 23.4 Å². The van der Waals surface area contributed by atoms with Crippen molar-refractivity contribution in [1.29, 1.82) is 0 Å². The highest BCUT2D eigenvalue weighted by atomic mass is 79.9. The molecular weight excluding hydrogens is 304 g/mol. The molecule has 0 atom stereocenters. The number of hydrogen-bond acceptors (Lipinski definition) is 4. The Morgan fingerprint density at radius 2 is 2.11 bits per heavy atom. The molecule has 1 aromatic heterocycles. The molecule has 5 heteroatoms. The summed E-state index contributed by atoms with van der Waals surface area (Å²) in [5, 5.41) is 6.74. The number of anilines is 1. The van der Waals surface area contributed by atoms with Crippen LogP contribution in [-0.2, 0) is 0 Å². The molecule has 0 aliphatic carbocycles. The van der Waals surface area contributed by atoms with Crippen molar-refractivity contribution in [2.45, 2.75) is 19.3 Å². The summed E-state index contributed by atoms with van der Waals surface area (Å²) in [7, 11) is 1.99. The monoisotopic (exact) mass is 322 g/mol. The number of hydrazone groups is 1. The van der Waals surface area contributed by atoms with Crippen LogP contribution in [0.1, 0.15) is 19.3 Å². The van der Waals surface area contributed by atoms with E-state index in [0.29, 0.717) is 5.92 Å². The molecule has 3 saturated heterocycles. The molecule has 0 saturated carbocycles. The Morgan fingerprint density at radius 3 is 2.84 bits per heavy atom. The molecule has 102 valence electrons. The van der Waals surface area contributed by atoms with Gasteiger partial charge in [-0.25, -0.2) is 4.98 Å². The predicted octanol–water partition coefficient (Wildman–Crippen LogP) is 2.75. The van der Waals surface area contributed by atoms with Gasteiger partial charge in [-0.1, -0.05) is 6.07 Å². The Labute approximate surface area is 122 Å².